The Labute approximate surface area is 177 Å². The van der Waals surface area contributed by atoms with Crippen molar-refractivity contribution in [2.45, 2.75) is 19.5 Å². The molecule has 0 aliphatic carbocycles. The summed E-state index contributed by atoms with van der Waals surface area (Å²) in [4.78, 5) is 24.4. The average molecular weight is 426 g/mol. The van der Waals surface area contributed by atoms with Crippen LogP contribution in [0.25, 0.3) is 22.6 Å². The van der Waals surface area contributed by atoms with Gasteiger partial charge in [0.2, 0.25) is 0 Å². The molecule has 0 radical (unpaired) electrons. The summed E-state index contributed by atoms with van der Waals surface area (Å²) in [5.41, 5.74) is 3.49. The second kappa shape index (κ2) is 8.66. The van der Waals surface area contributed by atoms with E-state index < -0.39 is 0 Å². The molecule has 0 saturated heterocycles. The largest absolute Gasteiger partial charge is 0.459 e. The molecule has 0 spiro atoms. The predicted molar refractivity (Wildman–Crippen MR) is 114 cm³/mol. The first-order chi connectivity index (χ1) is 14.5. The van der Waals surface area contributed by atoms with Gasteiger partial charge in [0.25, 0.3) is 5.91 Å². The number of aromatic nitrogens is 3. The number of nitrogens with one attached hydrogen (secondary N) is 3. The van der Waals surface area contributed by atoms with Crippen LogP contribution < -0.4 is 10.6 Å². The van der Waals surface area contributed by atoms with Gasteiger partial charge in [0.1, 0.15) is 5.82 Å². The summed E-state index contributed by atoms with van der Waals surface area (Å²) < 4.78 is 5.12. The zero-order valence-corrected chi connectivity index (χ0v) is 16.9. The first kappa shape index (κ1) is 20.1. The molecule has 1 amide bonds. The quantitative estimate of drug-likeness (QED) is 0.359. The van der Waals surface area contributed by atoms with Gasteiger partial charge in [0.05, 0.1) is 23.4 Å². The maximum atomic E-state index is 12.2. The topological polar surface area (TPSA) is 116 Å². The number of H-pyrrole nitrogens is 1. The zero-order chi connectivity index (χ0) is 21.1. The third-order valence-electron chi connectivity index (χ3n) is 4.55. The summed E-state index contributed by atoms with van der Waals surface area (Å²) in [6.07, 6.45) is 3.18. The summed E-state index contributed by atoms with van der Waals surface area (Å²) in [6.45, 7) is 2.54. The number of anilines is 1. The minimum atomic E-state index is -0.353. The van der Waals surface area contributed by atoms with Gasteiger partial charge >= 0.3 is 0 Å². The highest BCUT2D eigenvalue weighted by Crippen LogP contribution is 2.30. The maximum Gasteiger partial charge on any atom is 0.291 e. The number of benzene rings is 1. The highest BCUT2D eigenvalue weighted by Gasteiger charge is 2.14. The number of imidazole rings is 1. The van der Waals surface area contributed by atoms with Crippen LogP contribution in [0.3, 0.4) is 0 Å². The minimum Gasteiger partial charge on any atom is -0.459 e. The lowest BCUT2D eigenvalue weighted by Crippen LogP contribution is -2.28. The van der Waals surface area contributed by atoms with Crippen molar-refractivity contribution in [3.8, 4) is 11.4 Å². The number of amides is 1. The van der Waals surface area contributed by atoms with Crippen molar-refractivity contribution in [2.75, 3.05) is 11.9 Å². The Morgan fingerprint density at radius 3 is 2.97 bits per heavy atom. The fraction of sp³-hybridized carbons (Fsp3) is 0.190. The molecular weight excluding hydrogens is 406 g/mol. The third kappa shape index (κ3) is 4.35. The minimum absolute atomic E-state index is 0.00374. The SMILES string of the molecule is C[C@@H](CO)NCc1cnc2nc(-c3cc(NC(=O)c4ccco4)ccc3Cl)[nH]c2c1. The van der Waals surface area contributed by atoms with Gasteiger partial charge in [-0.25, -0.2) is 9.97 Å². The van der Waals surface area contributed by atoms with Gasteiger partial charge < -0.3 is 25.1 Å². The standard InChI is InChI=1S/C21H20ClN5O3/c1-12(11-28)23-9-13-7-17-20(24-10-13)27-19(26-17)15-8-14(4-5-16(15)22)25-21(29)18-3-2-6-30-18/h2-8,10,12,23,28H,9,11H2,1H3,(H,25,29)(H,24,26,27)/t12-/m0/s1. The van der Waals surface area contributed by atoms with E-state index in [1.54, 1.807) is 36.5 Å². The van der Waals surface area contributed by atoms with Crippen LogP contribution in [0.1, 0.15) is 23.0 Å². The Balaban J connectivity index is 1.59. The van der Waals surface area contributed by atoms with Crippen LogP contribution in [0.2, 0.25) is 5.02 Å². The van der Waals surface area contributed by atoms with Crippen LogP contribution >= 0.6 is 11.6 Å². The fourth-order valence-electron chi connectivity index (χ4n) is 2.91. The molecule has 154 valence electrons. The number of aromatic amines is 1. The summed E-state index contributed by atoms with van der Waals surface area (Å²) in [5.74, 6) is 0.412. The third-order valence-corrected chi connectivity index (χ3v) is 4.88. The molecule has 0 unspecified atom stereocenters. The van der Waals surface area contributed by atoms with E-state index in [-0.39, 0.29) is 24.3 Å². The van der Waals surface area contributed by atoms with Gasteiger partial charge in [0, 0.05) is 30.0 Å². The molecule has 1 aromatic carbocycles. The molecule has 9 heteroatoms. The number of hydrogen-bond donors (Lipinski definition) is 4. The highest BCUT2D eigenvalue weighted by atomic mass is 35.5. The molecule has 3 heterocycles. The van der Waals surface area contributed by atoms with E-state index in [2.05, 4.69) is 25.6 Å². The van der Waals surface area contributed by atoms with Crippen LogP contribution in [-0.2, 0) is 6.54 Å². The molecule has 0 saturated carbocycles. The van der Waals surface area contributed by atoms with Gasteiger partial charge in [-0.3, -0.25) is 4.79 Å². The molecule has 0 aliphatic heterocycles. The van der Waals surface area contributed by atoms with Crippen LogP contribution in [0, 0.1) is 0 Å². The van der Waals surface area contributed by atoms with Crippen LogP contribution in [0.4, 0.5) is 5.69 Å². The molecule has 30 heavy (non-hydrogen) atoms. The van der Waals surface area contributed by atoms with Crippen molar-refractivity contribution in [1.29, 1.82) is 0 Å². The molecule has 4 N–H and O–H groups in total. The Morgan fingerprint density at radius 2 is 2.20 bits per heavy atom. The lowest BCUT2D eigenvalue weighted by molar-refractivity contribution is 0.0996. The van der Waals surface area contributed by atoms with Gasteiger partial charge in [-0.05, 0) is 48.9 Å². The number of nitrogens with zero attached hydrogens (tertiary/aromatic N) is 2. The Morgan fingerprint density at radius 1 is 1.33 bits per heavy atom. The second-order valence-corrected chi connectivity index (χ2v) is 7.30. The Kier molecular flexibility index (Phi) is 5.80. The molecule has 4 rings (SSSR count). The van der Waals surface area contributed by atoms with Crippen molar-refractivity contribution in [1.82, 2.24) is 20.3 Å². The van der Waals surface area contributed by atoms with Gasteiger partial charge in [-0.1, -0.05) is 11.6 Å². The number of hydrogen-bond acceptors (Lipinski definition) is 6. The molecule has 4 aromatic rings. The lowest BCUT2D eigenvalue weighted by Gasteiger charge is -2.09. The highest BCUT2D eigenvalue weighted by molar-refractivity contribution is 6.33. The van der Waals surface area contributed by atoms with Crippen LogP contribution in [-0.4, -0.2) is 38.6 Å². The van der Waals surface area contributed by atoms with Crippen LogP contribution in [0.5, 0.6) is 0 Å². The number of aliphatic hydroxyl groups excluding tert-OH is 1. The van der Waals surface area contributed by atoms with Crippen molar-refractivity contribution in [3.05, 3.63) is 65.2 Å². The number of furan rings is 1. The Hall–Kier alpha value is -3.20. The first-order valence-corrected chi connectivity index (χ1v) is 9.75. The fourth-order valence-corrected chi connectivity index (χ4v) is 3.12. The number of carbonyl (C=O) groups is 1. The smallest absolute Gasteiger partial charge is 0.291 e. The average Bonchev–Trinajstić information content (AvgIpc) is 3.43. The maximum absolute atomic E-state index is 12.2. The number of fused-ring (bicyclic) bond motifs is 1. The summed E-state index contributed by atoms with van der Waals surface area (Å²) in [6, 6.07) is 10.3. The number of aliphatic hydroxyl groups is 1. The molecular formula is C21H20ClN5O3. The van der Waals surface area contributed by atoms with E-state index in [1.165, 1.54) is 6.26 Å². The number of carbonyl (C=O) groups excluding carboxylic acids is 1. The van der Waals surface area contributed by atoms with E-state index >= 15 is 0 Å². The molecule has 0 bridgehead atoms. The number of pyridine rings is 1. The Bertz CT molecular complexity index is 1170. The van der Waals surface area contributed by atoms with E-state index in [0.717, 1.165) is 11.1 Å². The van der Waals surface area contributed by atoms with Crippen molar-refractivity contribution in [3.63, 3.8) is 0 Å². The van der Waals surface area contributed by atoms with Gasteiger partial charge in [-0.15, -0.1) is 0 Å². The number of rotatable bonds is 7. The molecule has 1 atom stereocenters. The van der Waals surface area contributed by atoms with E-state index in [4.69, 9.17) is 21.1 Å². The summed E-state index contributed by atoms with van der Waals surface area (Å²) in [7, 11) is 0. The van der Waals surface area contributed by atoms with E-state index in [0.29, 0.717) is 34.3 Å². The van der Waals surface area contributed by atoms with Crippen molar-refractivity contribution in [2.24, 2.45) is 0 Å². The molecule has 0 fully saturated rings. The molecule has 3 aromatic heterocycles. The predicted octanol–water partition coefficient (Wildman–Crippen LogP) is 3.59. The second-order valence-electron chi connectivity index (χ2n) is 6.89. The van der Waals surface area contributed by atoms with E-state index in [1.807, 2.05) is 13.0 Å². The van der Waals surface area contributed by atoms with Gasteiger partial charge in [-0.2, -0.15) is 0 Å². The summed E-state index contributed by atoms with van der Waals surface area (Å²) in [5, 5.41) is 15.6. The monoisotopic (exact) mass is 425 g/mol. The number of halogens is 1. The van der Waals surface area contributed by atoms with Crippen molar-refractivity contribution >= 4 is 34.4 Å². The zero-order valence-electron chi connectivity index (χ0n) is 16.1. The first-order valence-electron chi connectivity index (χ1n) is 9.37. The van der Waals surface area contributed by atoms with Crippen molar-refractivity contribution < 1.29 is 14.3 Å². The van der Waals surface area contributed by atoms with Gasteiger partial charge in [0.15, 0.2) is 11.4 Å². The normalized spacial score (nSPS) is 12.2. The van der Waals surface area contributed by atoms with Crippen LogP contribution in [0.15, 0.2) is 53.3 Å². The lowest BCUT2D eigenvalue weighted by atomic mass is 10.2. The van der Waals surface area contributed by atoms with E-state index in [9.17, 15) is 4.79 Å². The summed E-state index contributed by atoms with van der Waals surface area (Å²) >= 11 is 6.38. The molecule has 0 aliphatic rings. The molecule has 8 nitrogen and oxygen atoms in total.